The number of piperazine rings is 1. The van der Waals surface area contributed by atoms with E-state index in [1.807, 2.05) is 47.4 Å². The van der Waals surface area contributed by atoms with Gasteiger partial charge in [-0.2, -0.15) is 5.26 Å². The van der Waals surface area contributed by atoms with E-state index in [1.54, 1.807) is 24.3 Å². The van der Waals surface area contributed by atoms with Crippen LogP contribution in [0.4, 0.5) is 16.3 Å². The van der Waals surface area contributed by atoms with Crippen molar-refractivity contribution in [3.05, 3.63) is 84.4 Å². The molecule has 1 atom stereocenters. The van der Waals surface area contributed by atoms with Gasteiger partial charge in [-0.3, -0.25) is 0 Å². The Labute approximate surface area is 210 Å². The average Bonchev–Trinajstić information content (AvgIpc) is 2.89. The van der Waals surface area contributed by atoms with Gasteiger partial charge in [-0.1, -0.05) is 54.6 Å². The fourth-order valence-electron chi connectivity index (χ4n) is 4.40. The molecule has 35 heavy (non-hydrogen) atoms. The standard InChI is InChI=1S/C27H24N6O.ClH/c1-19-18-32(27(34)29-22-13-11-20(17-28)12-14-22)15-16-33(19)26-24-10-6-5-9-23(24)25(30-31-26)21-7-3-2-4-8-21;/h2-14,19H,15-16,18H2,1H3,(H,29,34);1H/t19-;/m0./s1. The summed E-state index contributed by atoms with van der Waals surface area (Å²) in [6.45, 7) is 3.90. The van der Waals surface area contributed by atoms with Crippen LogP contribution in [0.2, 0.25) is 0 Å². The first-order chi connectivity index (χ1) is 16.6. The molecule has 4 aromatic rings. The number of benzene rings is 3. The number of rotatable bonds is 3. The van der Waals surface area contributed by atoms with Crippen molar-refractivity contribution >= 4 is 40.7 Å². The molecule has 0 radical (unpaired) electrons. The zero-order valence-electron chi connectivity index (χ0n) is 19.3. The largest absolute Gasteiger partial charge is 0.348 e. The number of carbonyl (C=O) groups excluding carboxylic acids is 1. The molecule has 0 aliphatic carbocycles. The van der Waals surface area contributed by atoms with Gasteiger partial charge in [0.1, 0.15) is 5.69 Å². The van der Waals surface area contributed by atoms with Crippen molar-refractivity contribution in [2.75, 3.05) is 29.9 Å². The number of nitrogens with one attached hydrogen (secondary N) is 1. The Morgan fingerprint density at radius 3 is 2.31 bits per heavy atom. The first kappa shape index (κ1) is 24.0. The van der Waals surface area contributed by atoms with Gasteiger partial charge in [0, 0.05) is 47.7 Å². The molecule has 0 bridgehead atoms. The van der Waals surface area contributed by atoms with E-state index >= 15 is 0 Å². The topological polar surface area (TPSA) is 85.2 Å². The van der Waals surface area contributed by atoms with Crippen molar-refractivity contribution < 1.29 is 4.79 Å². The van der Waals surface area contributed by atoms with Gasteiger partial charge >= 0.3 is 6.03 Å². The third-order valence-corrected chi connectivity index (χ3v) is 6.17. The van der Waals surface area contributed by atoms with E-state index in [4.69, 9.17) is 5.26 Å². The van der Waals surface area contributed by atoms with Crippen molar-refractivity contribution in [2.45, 2.75) is 13.0 Å². The smallest absolute Gasteiger partial charge is 0.321 e. The summed E-state index contributed by atoms with van der Waals surface area (Å²) in [7, 11) is 0. The number of carbonyl (C=O) groups is 1. The Morgan fingerprint density at radius 1 is 0.943 bits per heavy atom. The van der Waals surface area contributed by atoms with E-state index in [0.717, 1.165) is 27.8 Å². The molecule has 176 valence electrons. The van der Waals surface area contributed by atoms with Crippen molar-refractivity contribution in [1.29, 1.82) is 5.26 Å². The minimum Gasteiger partial charge on any atom is -0.348 e. The molecule has 2 amide bonds. The van der Waals surface area contributed by atoms with Gasteiger partial charge in [0.25, 0.3) is 0 Å². The van der Waals surface area contributed by atoms with Gasteiger partial charge in [0.05, 0.1) is 11.6 Å². The molecule has 5 rings (SSSR count). The number of urea groups is 1. The molecule has 1 saturated heterocycles. The number of fused-ring (bicyclic) bond motifs is 1. The second-order valence-corrected chi connectivity index (χ2v) is 8.39. The van der Waals surface area contributed by atoms with Gasteiger partial charge in [0.15, 0.2) is 5.82 Å². The van der Waals surface area contributed by atoms with E-state index in [2.05, 4.69) is 45.5 Å². The first-order valence-electron chi connectivity index (χ1n) is 11.3. The molecular weight excluding hydrogens is 460 g/mol. The highest BCUT2D eigenvalue weighted by molar-refractivity contribution is 6.00. The van der Waals surface area contributed by atoms with Crippen LogP contribution in [0.1, 0.15) is 12.5 Å². The minimum absolute atomic E-state index is 0. The van der Waals surface area contributed by atoms with Crippen molar-refractivity contribution in [1.82, 2.24) is 15.1 Å². The number of aromatic nitrogens is 2. The molecule has 0 unspecified atom stereocenters. The highest BCUT2D eigenvalue weighted by Gasteiger charge is 2.29. The molecule has 0 spiro atoms. The number of nitriles is 1. The van der Waals surface area contributed by atoms with E-state index in [9.17, 15) is 4.79 Å². The zero-order valence-corrected chi connectivity index (χ0v) is 20.1. The number of halogens is 1. The second-order valence-electron chi connectivity index (χ2n) is 8.39. The number of amides is 2. The van der Waals surface area contributed by atoms with Crippen LogP contribution in [0.15, 0.2) is 78.9 Å². The van der Waals surface area contributed by atoms with Crippen LogP contribution < -0.4 is 10.2 Å². The summed E-state index contributed by atoms with van der Waals surface area (Å²) in [5.41, 5.74) is 3.14. The van der Waals surface area contributed by atoms with Crippen LogP contribution in [-0.4, -0.2) is 46.8 Å². The number of hydrogen-bond acceptors (Lipinski definition) is 5. The molecule has 1 aromatic heterocycles. The summed E-state index contributed by atoms with van der Waals surface area (Å²) < 4.78 is 0. The van der Waals surface area contributed by atoms with Crippen LogP contribution in [0.25, 0.3) is 22.0 Å². The summed E-state index contributed by atoms with van der Waals surface area (Å²) >= 11 is 0. The summed E-state index contributed by atoms with van der Waals surface area (Å²) in [5, 5.41) is 23.2. The number of hydrogen-bond donors (Lipinski definition) is 1. The van der Waals surface area contributed by atoms with Gasteiger partial charge < -0.3 is 15.1 Å². The quantitative estimate of drug-likeness (QED) is 0.424. The lowest BCUT2D eigenvalue weighted by Gasteiger charge is -2.40. The molecule has 1 aliphatic rings. The monoisotopic (exact) mass is 484 g/mol. The van der Waals surface area contributed by atoms with Gasteiger partial charge in [0.2, 0.25) is 0 Å². The summed E-state index contributed by atoms with van der Waals surface area (Å²) in [6, 6.07) is 27.2. The van der Waals surface area contributed by atoms with E-state index in [1.165, 1.54) is 0 Å². The summed E-state index contributed by atoms with van der Waals surface area (Å²) in [6.07, 6.45) is 0. The summed E-state index contributed by atoms with van der Waals surface area (Å²) in [4.78, 5) is 16.9. The van der Waals surface area contributed by atoms with E-state index in [-0.39, 0.29) is 24.5 Å². The highest BCUT2D eigenvalue weighted by atomic mass is 35.5. The normalized spacial score (nSPS) is 15.3. The Hall–Kier alpha value is -4.15. The molecule has 8 heteroatoms. The molecule has 3 aromatic carbocycles. The summed E-state index contributed by atoms with van der Waals surface area (Å²) in [5.74, 6) is 0.843. The van der Waals surface area contributed by atoms with Crippen molar-refractivity contribution in [3.63, 3.8) is 0 Å². The third kappa shape index (κ3) is 4.88. The molecule has 1 aliphatic heterocycles. The Morgan fingerprint density at radius 2 is 1.63 bits per heavy atom. The Bertz CT molecular complexity index is 1370. The van der Waals surface area contributed by atoms with Crippen molar-refractivity contribution in [3.8, 4) is 17.3 Å². The van der Waals surface area contributed by atoms with Crippen LogP contribution >= 0.6 is 12.4 Å². The molecule has 0 saturated carbocycles. The Kier molecular flexibility index (Phi) is 7.14. The van der Waals surface area contributed by atoms with Crippen LogP contribution in [-0.2, 0) is 0 Å². The predicted molar refractivity (Wildman–Crippen MR) is 141 cm³/mol. The van der Waals surface area contributed by atoms with E-state index in [0.29, 0.717) is 30.9 Å². The lowest BCUT2D eigenvalue weighted by Crippen LogP contribution is -2.55. The second kappa shape index (κ2) is 10.4. The minimum atomic E-state index is -0.147. The van der Waals surface area contributed by atoms with Crippen LogP contribution in [0.3, 0.4) is 0 Å². The first-order valence-corrected chi connectivity index (χ1v) is 11.3. The third-order valence-electron chi connectivity index (χ3n) is 6.17. The van der Waals surface area contributed by atoms with Crippen LogP contribution in [0, 0.1) is 11.3 Å². The van der Waals surface area contributed by atoms with Crippen LogP contribution in [0.5, 0.6) is 0 Å². The van der Waals surface area contributed by atoms with Crippen molar-refractivity contribution in [2.24, 2.45) is 0 Å². The number of nitrogens with zero attached hydrogens (tertiary/aromatic N) is 5. The fraction of sp³-hybridized carbons (Fsp3) is 0.185. The molecule has 1 fully saturated rings. The molecule has 1 N–H and O–H groups in total. The highest BCUT2D eigenvalue weighted by Crippen LogP contribution is 2.32. The maximum absolute atomic E-state index is 12.8. The lowest BCUT2D eigenvalue weighted by atomic mass is 10.0. The lowest BCUT2D eigenvalue weighted by molar-refractivity contribution is 0.200. The Balaban J connectivity index is 0.00000289. The maximum Gasteiger partial charge on any atom is 0.321 e. The number of anilines is 2. The van der Waals surface area contributed by atoms with Gasteiger partial charge in [-0.05, 0) is 31.2 Å². The molecular formula is C27H25ClN6O. The fourth-order valence-corrected chi connectivity index (χ4v) is 4.40. The van der Waals surface area contributed by atoms with Gasteiger partial charge in [-0.25, -0.2) is 4.79 Å². The molecule has 7 nitrogen and oxygen atoms in total. The van der Waals surface area contributed by atoms with E-state index < -0.39 is 0 Å². The molecule has 2 heterocycles. The SMILES string of the molecule is C[C@H]1CN(C(=O)Nc2ccc(C#N)cc2)CCN1c1nnc(-c2ccccc2)c2ccccc12.Cl. The van der Waals surface area contributed by atoms with Gasteiger partial charge in [-0.15, -0.1) is 22.6 Å². The predicted octanol–water partition coefficient (Wildman–Crippen LogP) is 5.33. The zero-order chi connectivity index (χ0) is 23.5. The maximum atomic E-state index is 12.8. The average molecular weight is 485 g/mol.